The zero-order valence-electron chi connectivity index (χ0n) is 17.7. The molecule has 0 radical (unpaired) electrons. The van der Waals surface area contributed by atoms with Gasteiger partial charge in [-0.3, -0.25) is 4.79 Å². The van der Waals surface area contributed by atoms with Gasteiger partial charge in [0.15, 0.2) is 0 Å². The Morgan fingerprint density at radius 1 is 1.28 bits per heavy atom. The lowest BCUT2D eigenvalue weighted by Gasteiger charge is -2.33. The predicted octanol–water partition coefficient (Wildman–Crippen LogP) is 5.65. The summed E-state index contributed by atoms with van der Waals surface area (Å²) < 4.78 is 0. The molecule has 0 saturated heterocycles. The van der Waals surface area contributed by atoms with Crippen molar-refractivity contribution in [3.63, 3.8) is 0 Å². The molecule has 0 fully saturated rings. The second-order valence-corrected chi connectivity index (χ2v) is 10.4. The van der Waals surface area contributed by atoms with E-state index in [0.29, 0.717) is 22.2 Å². The number of fused-ring (bicyclic) bond motifs is 2. The Morgan fingerprint density at radius 3 is 2.66 bits per heavy atom. The molecule has 1 aromatic carbocycles. The first-order chi connectivity index (χ1) is 13.7. The molecule has 1 aliphatic carbocycles. The highest BCUT2D eigenvalue weighted by atomic mass is 32.1. The van der Waals surface area contributed by atoms with Crippen LogP contribution in [0.15, 0.2) is 29.3 Å². The van der Waals surface area contributed by atoms with Crippen LogP contribution in [0.4, 0.5) is 10.7 Å². The zero-order chi connectivity index (χ0) is 20.9. The number of thiophene rings is 1. The first-order valence-corrected chi connectivity index (χ1v) is 11.1. The van der Waals surface area contributed by atoms with Crippen molar-refractivity contribution in [2.24, 2.45) is 16.3 Å². The Balaban J connectivity index is 1.80. The molecule has 4 nitrogen and oxygen atoms in total. The van der Waals surface area contributed by atoms with Gasteiger partial charge < -0.3 is 4.90 Å². The molecule has 5 heteroatoms. The second-order valence-electron chi connectivity index (χ2n) is 9.35. The summed E-state index contributed by atoms with van der Waals surface area (Å²) in [5.41, 5.74) is 4.28. The van der Waals surface area contributed by atoms with E-state index in [4.69, 9.17) is 4.99 Å². The van der Waals surface area contributed by atoms with Gasteiger partial charge in [-0.2, -0.15) is 5.26 Å². The molecule has 0 saturated carbocycles. The molecule has 2 aliphatic rings. The van der Waals surface area contributed by atoms with Crippen LogP contribution in [0.2, 0.25) is 0 Å². The van der Waals surface area contributed by atoms with Crippen molar-refractivity contribution in [2.75, 3.05) is 4.90 Å². The number of para-hydroxylation sites is 1. The summed E-state index contributed by atoms with van der Waals surface area (Å²) in [5, 5.41) is 10.5. The summed E-state index contributed by atoms with van der Waals surface area (Å²) in [6.07, 6.45) is 3.01. The van der Waals surface area contributed by atoms with Crippen LogP contribution in [-0.2, 0) is 17.6 Å². The van der Waals surface area contributed by atoms with Crippen LogP contribution in [-0.4, -0.2) is 17.7 Å². The standard InChI is InChI=1S/C24H27N3OS/c1-14(2)27-19-9-7-6-8-17(19)21(23(27)28)26-22-18(13-25)16-11-10-15(24(3,4)5)12-20(16)29-22/h6-9,14-15H,10-12H2,1-5H3/t15-/m1/s1. The average molecular weight is 406 g/mol. The number of anilines is 1. The molecule has 2 aromatic rings. The highest BCUT2D eigenvalue weighted by Crippen LogP contribution is 2.45. The number of hydrogen-bond donors (Lipinski definition) is 0. The molecule has 150 valence electrons. The smallest absolute Gasteiger partial charge is 0.277 e. The minimum atomic E-state index is -0.0796. The molecule has 0 N–H and O–H groups in total. The second kappa shape index (κ2) is 7.11. The van der Waals surface area contributed by atoms with Crippen molar-refractivity contribution in [2.45, 2.75) is 59.9 Å². The molecule has 1 aromatic heterocycles. The van der Waals surface area contributed by atoms with E-state index >= 15 is 0 Å². The van der Waals surface area contributed by atoms with E-state index in [1.807, 2.05) is 38.1 Å². The quantitative estimate of drug-likeness (QED) is 0.648. The van der Waals surface area contributed by atoms with Crippen LogP contribution in [0.3, 0.4) is 0 Å². The Bertz CT molecular complexity index is 1050. The summed E-state index contributed by atoms with van der Waals surface area (Å²) >= 11 is 1.60. The third-order valence-electron chi connectivity index (χ3n) is 6.15. The summed E-state index contributed by atoms with van der Waals surface area (Å²) in [4.78, 5) is 21.0. The van der Waals surface area contributed by atoms with Crippen molar-refractivity contribution >= 4 is 33.6 Å². The van der Waals surface area contributed by atoms with Gasteiger partial charge in [0.05, 0.1) is 11.3 Å². The fourth-order valence-corrected chi connectivity index (χ4v) is 5.70. The topological polar surface area (TPSA) is 56.5 Å². The number of carbonyl (C=O) groups excluding carboxylic acids is 1. The van der Waals surface area contributed by atoms with Crippen molar-refractivity contribution in [1.82, 2.24) is 0 Å². The lowest BCUT2D eigenvalue weighted by molar-refractivity contribution is -0.112. The lowest BCUT2D eigenvalue weighted by atomic mass is 9.72. The average Bonchev–Trinajstić information content (AvgIpc) is 3.15. The number of hydrogen-bond acceptors (Lipinski definition) is 4. The Labute approximate surface area is 176 Å². The van der Waals surface area contributed by atoms with Crippen LogP contribution in [0.1, 0.15) is 62.6 Å². The summed E-state index contributed by atoms with van der Waals surface area (Å²) in [6.45, 7) is 10.9. The fraction of sp³-hybridized carbons (Fsp3) is 0.458. The highest BCUT2D eigenvalue weighted by molar-refractivity contribution is 7.16. The van der Waals surface area contributed by atoms with E-state index in [1.54, 1.807) is 16.2 Å². The predicted molar refractivity (Wildman–Crippen MR) is 119 cm³/mol. The number of nitrogens with zero attached hydrogens (tertiary/aromatic N) is 3. The van der Waals surface area contributed by atoms with Gasteiger partial charge >= 0.3 is 0 Å². The van der Waals surface area contributed by atoms with Crippen LogP contribution in [0.25, 0.3) is 0 Å². The van der Waals surface area contributed by atoms with Crippen molar-refractivity contribution in [3.05, 3.63) is 45.8 Å². The molecule has 0 spiro atoms. The Kier molecular flexibility index (Phi) is 4.86. The first-order valence-electron chi connectivity index (χ1n) is 10.3. The van der Waals surface area contributed by atoms with E-state index in [1.165, 1.54) is 4.88 Å². The molecule has 1 amide bonds. The zero-order valence-corrected chi connectivity index (χ0v) is 18.6. The van der Waals surface area contributed by atoms with Gasteiger partial charge in [0, 0.05) is 16.5 Å². The van der Waals surface area contributed by atoms with Crippen LogP contribution >= 0.6 is 11.3 Å². The van der Waals surface area contributed by atoms with Crippen LogP contribution in [0, 0.1) is 22.7 Å². The van der Waals surface area contributed by atoms with Gasteiger partial charge in [0.1, 0.15) is 16.8 Å². The number of carbonyl (C=O) groups is 1. The maximum Gasteiger partial charge on any atom is 0.277 e. The number of aliphatic imine (C=N–C) groups is 1. The highest BCUT2D eigenvalue weighted by Gasteiger charge is 2.36. The van der Waals surface area contributed by atoms with Gasteiger partial charge in [0.2, 0.25) is 0 Å². The minimum absolute atomic E-state index is 0.0517. The fourth-order valence-electron chi connectivity index (χ4n) is 4.45. The van der Waals surface area contributed by atoms with E-state index in [-0.39, 0.29) is 17.4 Å². The molecule has 2 heterocycles. The van der Waals surface area contributed by atoms with Gasteiger partial charge in [-0.05, 0) is 56.1 Å². The van der Waals surface area contributed by atoms with Gasteiger partial charge in [0.25, 0.3) is 5.91 Å². The maximum absolute atomic E-state index is 13.2. The number of rotatable bonds is 2. The number of amides is 1. The van der Waals surface area contributed by atoms with Crippen molar-refractivity contribution in [3.8, 4) is 6.07 Å². The molecule has 0 bridgehead atoms. The summed E-state index contributed by atoms with van der Waals surface area (Å²) in [5.74, 6) is 0.523. The molecule has 4 rings (SSSR count). The molecule has 1 aliphatic heterocycles. The number of nitriles is 1. The monoisotopic (exact) mass is 405 g/mol. The van der Waals surface area contributed by atoms with Gasteiger partial charge in [-0.15, -0.1) is 11.3 Å². The van der Waals surface area contributed by atoms with E-state index in [0.717, 1.165) is 36.1 Å². The summed E-state index contributed by atoms with van der Waals surface area (Å²) in [6, 6.07) is 10.2. The maximum atomic E-state index is 13.2. The third kappa shape index (κ3) is 3.30. The molecular weight excluding hydrogens is 378 g/mol. The number of benzene rings is 1. The molecule has 1 atom stereocenters. The van der Waals surface area contributed by atoms with E-state index in [2.05, 4.69) is 26.8 Å². The molecule has 0 unspecified atom stereocenters. The van der Waals surface area contributed by atoms with E-state index in [9.17, 15) is 10.1 Å². The van der Waals surface area contributed by atoms with Crippen LogP contribution in [0.5, 0.6) is 0 Å². The lowest BCUT2D eigenvalue weighted by Crippen LogP contribution is -2.35. The van der Waals surface area contributed by atoms with Crippen LogP contribution < -0.4 is 4.90 Å². The largest absolute Gasteiger partial charge is 0.304 e. The normalized spacial score (nSPS) is 20.2. The third-order valence-corrected chi connectivity index (χ3v) is 7.30. The van der Waals surface area contributed by atoms with Gasteiger partial charge in [-0.1, -0.05) is 39.0 Å². The minimum Gasteiger partial charge on any atom is -0.304 e. The SMILES string of the molecule is CC(C)N1C(=O)C(=Nc2sc3c(c2C#N)CC[C@@H](C(C)(C)C)C3)c2ccccc21. The van der Waals surface area contributed by atoms with E-state index < -0.39 is 0 Å². The summed E-state index contributed by atoms with van der Waals surface area (Å²) in [7, 11) is 0. The first kappa shape index (κ1) is 19.8. The van der Waals surface area contributed by atoms with Crippen molar-refractivity contribution in [1.29, 1.82) is 5.26 Å². The molecular formula is C24H27N3OS. The van der Waals surface area contributed by atoms with Gasteiger partial charge in [-0.25, -0.2) is 4.99 Å². The van der Waals surface area contributed by atoms with Crippen molar-refractivity contribution < 1.29 is 4.79 Å². The Morgan fingerprint density at radius 2 is 2.00 bits per heavy atom. The molecule has 29 heavy (non-hydrogen) atoms. The Hall–Kier alpha value is -2.45.